The summed E-state index contributed by atoms with van der Waals surface area (Å²) >= 11 is 1.23. The first kappa shape index (κ1) is 19.8. The number of thioether (sulfide) groups is 1. The number of hydrogen-bond acceptors (Lipinski definition) is 6. The van der Waals surface area contributed by atoms with Gasteiger partial charge in [0.05, 0.1) is 25.2 Å². The summed E-state index contributed by atoms with van der Waals surface area (Å²) in [5.74, 6) is 0.954. The first-order valence-corrected chi connectivity index (χ1v) is 9.18. The number of methoxy groups -OCH3 is 2. The van der Waals surface area contributed by atoms with Crippen molar-refractivity contribution in [2.75, 3.05) is 19.5 Å². The van der Waals surface area contributed by atoms with Crippen LogP contribution in [0, 0.1) is 0 Å². The molecule has 0 radical (unpaired) electrons. The molecule has 1 unspecified atom stereocenters. The van der Waals surface area contributed by atoms with Crippen molar-refractivity contribution in [3.05, 3.63) is 40.3 Å². The molecular formula is C18H23N3O4S. The highest BCUT2D eigenvalue weighted by Crippen LogP contribution is 2.30. The lowest BCUT2D eigenvalue weighted by molar-refractivity contribution is -0.115. The lowest BCUT2D eigenvalue weighted by atomic mass is 10.2. The molecule has 2 rings (SSSR count). The fourth-order valence-corrected chi connectivity index (χ4v) is 3.23. The van der Waals surface area contributed by atoms with Crippen LogP contribution in [0.2, 0.25) is 0 Å². The van der Waals surface area contributed by atoms with Crippen LogP contribution in [0.3, 0.4) is 0 Å². The van der Waals surface area contributed by atoms with Crippen LogP contribution < -0.4 is 20.3 Å². The van der Waals surface area contributed by atoms with Gasteiger partial charge in [-0.05, 0) is 25.0 Å². The number of H-pyrrole nitrogens is 1. The van der Waals surface area contributed by atoms with Gasteiger partial charge in [0.2, 0.25) is 5.91 Å². The lowest BCUT2D eigenvalue weighted by Crippen LogP contribution is -2.25. The molecule has 0 saturated heterocycles. The first-order valence-electron chi connectivity index (χ1n) is 8.30. The van der Waals surface area contributed by atoms with Crippen LogP contribution in [0.1, 0.15) is 26.0 Å². The van der Waals surface area contributed by atoms with Gasteiger partial charge in [0.25, 0.3) is 5.56 Å². The van der Waals surface area contributed by atoms with Crippen LogP contribution in [-0.2, 0) is 11.2 Å². The molecular weight excluding hydrogens is 354 g/mol. The Balaban J connectivity index is 2.19. The summed E-state index contributed by atoms with van der Waals surface area (Å²) in [7, 11) is 3.09. The number of ether oxygens (including phenoxy) is 2. The molecule has 8 heteroatoms. The molecule has 7 nitrogen and oxygen atoms in total. The van der Waals surface area contributed by atoms with E-state index in [-0.39, 0.29) is 11.5 Å². The van der Waals surface area contributed by atoms with E-state index in [0.29, 0.717) is 40.9 Å². The molecule has 1 heterocycles. The number of aryl methyl sites for hydroxylation is 1. The Morgan fingerprint density at radius 2 is 2.04 bits per heavy atom. The highest BCUT2D eigenvalue weighted by atomic mass is 32.2. The van der Waals surface area contributed by atoms with Gasteiger partial charge in [-0.15, -0.1) is 0 Å². The van der Waals surface area contributed by atoms with E-state index in [1.165, 1.54) is 24.9 Å². The summed E-state index contributed by atoms with van der Waals surface area (Å²) < 4.78 is 10.5. The van der Waals surface area contributed by atoms with Gasteiger partial charge in [-0.2, -0.15) is 0 Å². The molecule has 0 fully saturated rings. The lowest BCUT2D eigenvalue weighted by Gasteiger charge is -2.16. The molecule has 0 bridgehead atoms. The SMILES string of the molecule is CCc1cc(=O)[nH]c(SC(CC)C(=O)Nc2cc(OC)ccc2OC)n1. The van der Waals surface area contributed by atoms with E-state index in [4.69, 9.17) is 9.47 Å². The minimum atomic E-state index is -0.416. The summed E-state index contributed by atoms with van der Waals surface area (Å²) in [6, 6.07) is 6.65. The molecule has 2 aromatic rings. The molecule has 1 atom stereocenters. The van der Waals surface area contributed by atoms with E-state index in [2.05, 4.69) is 15.3 Å². The molecule has 1 amide bonds. The molecule has 0 spiro atoms. The Morgan fingerprint density at radius 1 is 1.27 bits per heavy atom. The predicted molar refractivity (Wildman–Crippen MR) is 102 cm³/mol. The number of carbonyl (C=O) groups is 1. The van der Waals surface area contributed by atoms with Gasteiger partial charge in [-0.3, -0.25) is 9.59 Å². The summed E-state index contributed by atoms with van der Waals surface area (Å²) in [6.45, 7) is 3.83. The molecule has 0 aliphatic rings. The standard InChI is InChI=1S/C18H23N3O4S/c1-5-11-9-16(22)21-18(19-11)26-15(6-2)17(23)20-13-10-12(24-3)7-8-14(13)25-4/h7-10,15H,5-6H2,1-4H3,(H,20,23)(H,19,21,22). The van der Waals surface area contributed by atoms with E-state index in [9.17, 15) is 9.59 Å². The number of hydrogen-bond donors (Lipinski definition) is 2. The second-order valence-corrected chi connectivity index (χ2v) is 6.66. The zero-order valence-electron chi connectivity index (χ0n) is 15.3. The predicted octanol–water partition coefficient (Wildman–Crippen LogP) is 2.86. The highest BCUT2D eigenvalue weighted by Gasteiger charge is 2.21. The second kappa shape index (κ2) is 9.28. The van der Waals surface area contributed by atoms with E-state index in [0.717, 1.165) is 0 Å². The van der Waals surface area contributed by atoms with Crippen molar-refractivity contribution in [3.63, 3.8) is 0 Å². The van der Waals surface area contributed by atoms with E-state index < -0.39 is 5.25 Å². The Morgan fingerprint density at radius 3 is 2.65 bits per heavy atom. The third-order valence-electron chi connectivity index (χ3n) is 3.72. The Bertz CT molecular complexity index is 822. The summed E-state index contributed by atoms with van der Waals surface area (Å²) in [4.78, 5) is 31.5. The van der Waals surface area contributed by atoms with Gasteiger partial charge in [0.1, 0.15) is 11.5 Å². The van der Waals surface area contributed by atoms with Crippen molar-refractivity contribution in [3.8, 4) is 11.5 Å². The molecule has 0 saturated carbocycles. The largest absolute Gasteiger partial charge is 0.497 e. The van der Waals surface area contributed by atoms with Crippen molar-refractivity contribution in [2.45, 2.75) is 37.1 Å². The Labute approximate surface area is 156 Å². The quantitative estimate of drug-likeness (QED) is 0.543. The number of nitrogens with one attached hydrogen (secondary N) is 2. The number of aromatic amines is 1. The van der Waals surface area contributed by atoms with Crippen LogP contribution in [0.25, 0.3) is 0 Å². The van der Waals surface area contributed by atoms with Crippen molar-refractivity contribution in [1.29, 1.82) is 0 Å². The first-order chi connectivity index (χ1) is 12.5. The summed E-state index contributed by atoms with van der Waals surface area (Å²) in [6.07, 6.45) is 1.23. The van der Waals surface area contributed by atoms with Crippen LogP contribution in [0.4, 0.5) is 5.69 Å². The number of nitrogens with zero attached hydrogens (tertiary/aromatic N) is 1. The molecule has 0 aliphatic carbocycles. The zero-order valence-corrected chi connectivity index (χ0v) is 16.1. The van der Waals surface area contributed by atoms with Gasteiger partial charge in [-0.1, -0.05) is 25.6 Å². The number of carbonyl (C=O) groups excluding carboxylic acids is 1. The number of rotatable bonds is 8. The zero-order chi connectivity index (χ0) is 19.1. The number of amides is 1. The van der Waals surface area contributed by atoms with E-state index in [1.54, 1.807) is 25.3 Å². The normalized spacial score (nSPS) is 11.7. The minimum absolute atomic E-state index is 0.200. The maximum absolute atomic E-state index is 12.7. The fourth-order valence-electron chi connectivity index (χ4n) is 2.30. The van der Waals surface area contributed by atoms with E-state index in [1.807, 2.05) is 13.8 Å². The van der Waals surface area contributed by atoms with Crippen LogP contribution >= 0.6 is 11.8 Å². The Hall–Kier alpha value is -2.48. The van der Waals surface area contributed by atoms with Crippen molar-refractivity contribution >= 4 is 23.4 Å². The van der Waals surface area contributed by atoms with Gasteiger partial charge >= 0.3 is 0 Å². The number of anilines is 1. The third kappa shape index (κ3) is 5.01. The number of benzene rings is 1. The monoisotopic (exact) mass is 377 g/mol. The van der Waals surface area contributed by atoms with Crippen molar-refractivity contribution in [1.82, 2.24) is 9.97 Å². The van der Waals surface area contributed by atoms with Crippen molar-refractivity contribution in [2.24, 2.45) is 0 Å². The fraction of sp³-hybridized carbons (Fsp3) is 0.389. The average Bonchev–Trinajstić information content (AvgIpc) is 2.65. The van der Waals surface area contributed by atoms with Gasteiger partial charge in [-0.25, -0.2) is 4.98 Å². The van der Waals surface area contributed by atoms with Crippen molar-refractivity contribution < 1.29 is 14.3 Å². The van der Waals surface area contributed by atoms with Crippen LogP contribution in [-0.4, -0.2) is 35.3 Å². The van der Waals surface area contributed by atoms with Gasteiger partial charge in [0.15, 0.2) is 5.16 Å². The highest BCUT2D eigenvalue weighted by molar-refractivity contribution is 8.00. The third-order valence-corrected chi connectivity index (χ3v) is 4.97. The molecule has 0 aliphatic heterocycles. The summed E-state index contributed by atoms with van der Waals surface area (Å²) in [5.41, 5.74) is 1.00. The maximum atomic E-state index is 12.7. The van der Waals surface area contributed by atoms with Gasteiger partial charge < -0.3 is 19.8 Å². The number of aromatic nitrogens is 2. The molecule has 140 valence electrons. The molecule has 26 heavy (non-hydrogen) atoms. The summed E-state index contributed by atoms with van der Waals surface area (Å²) in [5, 5.41) is 2.89. The molecule has 2 N–H and O–H groups in total. The Kier molecular flexibility index (Phi) is 7.08. The van der Waals surface area contributed by atoms with Gasteiger partial charge in [0, 0.05) is 17.8 Å². The van der Waals surface area contributed by atoms with Crippen LogP contribution in [0.15, 0.2) is 34.2 Å². The maximum Gasteiger partial charge on any atom is 0.251 e. The van der Waals surface area contributed by atoms with E-state index >= 15 is 0 Å². The topological polar surface area (TPSA) is 93.3 Å². The average molecular weight is 377 g/mol. The van der Waals surface area contributed by atoms with Crippen LogP contribution in [0.5, 0.6) is 11.5 Å². The minimum Gasteiger partial charge on any atom is -0.497 e. The molecule has 1 aromatic carbocycles. The smallest absolute Gasteiger partial charge is 0.251 e. The second-order valence-electron chi connectivity index (χ2n) is 5.47. The molecule has 1 aromatic heterocycles.